The minimum absolute atomic E-state index is 0.210. The summed E-state index contributed by atoms with van der Waals surface area (Å²) in [4.78, 5) is 13.5. The highest BCUT2D eigenvalue weighted by Crippen LogP contribution is 2.12. The lowest BCUT2D eigenvalue weighted by Gasteiger charge is -2.31. The van der Waals surface area contributed by atoms with Crippen molar-refractivity contribution < 1.29 is 9.53 Å². The maximum Gasteiger partial charge on any atom is 0.236 e. The lowest BCUT2D eigenvalue weighted by atomic mass is 10.1. The third-order valence-corrected chi connectivity index (χ3v) is 2.65. The van der Waals surface area contributed by atoms with Gasteiger partial charge in [-0.25, -0.2) is 0 Å². The van der Waals surface area contributed by atoms with Gasteiger partial charge in [-0.15, -0.1) is 0 Å². The normalized spacial score (nSPS) is 18.6. The standard InChI is InChI=1S/C10H20N2O2/c1-3-11-8-10(13)12-6-4-9(14-2)5-7-12/h9,11H,3-8H2,1-2H3. The van der Waals surface area contributed by atoms with E-state index in [1.54, 1.807) is 7.11 Å². The lowest BCUT2D eigenvalue weighted by Crippen LogP contribution is -2.44. The van der Waals surface area contributed by atoms with Gasteiger partial charge in [-0.3, -0.25) is 4.79 Å². The van der Waals surface area contributed by atoms with Crippen LogP contribution in [-0.2, 0) is 9.53 Å². The van der Waals surface area contributed by atoms with Crippen molar-refractivity contribution in [2.45, 2.75) is 25.9 Å². The average molecular weight is 200 g/mol. The van der Waals surface area contributed by atoms with Crippen molar-refractivity contribution >= 4 is 5.91 Å². The van der Waals surface area contributed by atoms with E-state index in [4.69, 9.17) is 4.74 Å². The molecule has 0 unspecified atom stereocenters. The van der Waals surface area contributed by atoms with E-state index in [-0.39, 0.29) is 5.91 Å². The number of carbonyl (C=O) groups is 1. The zero-order valence-electron chi connectivity index (χ0n) is 9.08. The van der Waals surface area contributed by atoms with Crippen LogP contribution in [0.1, 0.15) is 19.8 Å². The molecule has 0 bridgehead atoms. The minimum atomic E-state index is 0.210. The summed E-state index contributed by atoms with van der Waals surface area (Å²) in [5.74, 6) is 0.210. The van der Waals surface area contributed by atoms with Crippen LogP contribution in [0.5, 0.6) is 0 Å². The highest BCUT2D eigenvalue weighted by atomic mass is 16.5. The molecule has 1 aliphatic heterocycles. The molecular formula is C10H20N2O2. The van der Waals surface area contributed by atoms with Crippen LogP contribution in [0.4, 0.5) is 0 Å². The second-order valence-electron chi connectivity index (χ2n) is 3.60. The van der Waals surface area contributed by atoms with Crippen LogP contribution in [0.3, 0.4) is 0 Å². The van der Waals surface area contributed by atoms with Crippen LogP contribution >= 0.6 is 0 Å². The zero-order chi connectivity index (χ0) is 10.4. The summed E-state index contributed by atoms with van der Waals surface area (Å²) >= 11 is 0. The fourth-order valence-corrected chi connectivity index (χ4v) is 1.68. The first-order chi connectivity index (χ1) is 6.77. The minimum Gasteiger partial charge on any atom is -0.381 e. The Kier molecular flexibility index (Phi) is 4.90. The van der Waals surface area contributed by atoms with Gasteiger partial charge in [-0.1, -0.05) is 6.92 Å². The molecular weight excluding hydrogens is 180 g/mol. The van der Waals surface area contributed by atoms with Gasteiger partial charge in [0.1, 0.15) is 0 Å². The van der Waals surface area contributed by atoms with Crippen molar-refractivity contribution in [3.05, 3.63) is 0 Å². The van der Waals surface area contributed by atoms with Gasteiger partial charge < -0.3 is 15.0 Å². The van der Waals surface area contributed by atoms with E-state index >= 15 is 0 Å². The van der Waals surface area contributed by atoms with Crippen molar-refractivity contribution in [2.75, 3.05) is 33.3 Å². The van der Waals surface area contributed by atoms with E-state index in [2.05, 4.69) is 5.32 Å². The SMILES string of the molecule is CCNCC(=O)N1CCC(OC)CC1. The Bertz CT molecular complexity index is 177. The summed E-state index contributed by atoms with van der Waals surface area (Å²) in [6.45, 7) is 4.99. The number of methoxy groups -OCH3 is 1. The van der Waals surface area contributed by atoms with Gasteiger partial charge >= 0.3 is 0 Å². The van der Waals surface area contributed by atoms with E-state index < -0.39 is 0 Å². The number of rotatable bonds is 4. The van der Waals surface area contributed by atoms with E-state index in [0.717, 1.165) is 32.5 Å². The number of amides is 1. The summed E-state index contributed by atoms with van der Waals surface area (Å²) in [6, 6.07) is 0. The highest BCUT2D eigenvalue weighted by Gasteiger charge is 2.21. The monoisotopic (exact) mass is 200 g/mol. The molecule has 1 fully saturated rings. The predicted molar refractivity (Wildman–Crippen MR) is 55.2 cm³/mol. The van der Waals surface area contributed by atoms with E-state index in [0.29, 0.717) is 12.6 Å². The van der Waals surface area contributed by atoms with Crippen molar-refractivity contribution in [2.24, 2.45) is 0 Å². The van der Waals surface area contributed by atoms with Crippen LogP contribution in [0.2, 0.25) is 0 Å². The number of hydrogen-bond acceptors (Lipinski definition) is 3. The van der Waals surface area contributed by atoms with Gasteiger partial charge in [0.2, 0.25) is 5.91 Å². The molecule has 0 saturated carbocycles. The maximum atomic E-state index is 11.6. The van der Waals surface area contributed by atoms with Gasteiger partial charge in [-0.2, -0.15) is 0 Å². The molecule has 1 aliphatic rings. The Hall–Kier alpha value is -0.610. The summed E-state index contributed by atoms with van der Waals surface area (Å²) in [6.07, 6.45) is 2.28. The summed E-state index contributed by atoms with van der Waals surface area (Å²) in [5, 5.41) is 3.05. The highest BCUT2D eigenvalue weighted by molar-refractivity contribution is 5.78. The van der Waals surface area contributed by atoms with E-state index in [9.17, 15) is 4.79 Å². The molecule has 1 rings (SSSR count). The van der Waals surface area contributed by atoms with Crippen LogP contribution in [0, 0.1) is 0 Å². The van der Waals surface area contributed by atoms with E-state index in [1.165, 1.54) is 0 Å². The topological polar surface area (TPSA) is 41.6 Å². The van der Waals surface area contributed by atoms with Crippen molar-refractivity contribution in [1.29, 1.82) is 0 Å². The second-order valence-corrected chi connectivity index (χ2v) is 3.60. The van der Waals surface area contributed by atoms with E-state index in [1.807, 2.05) is 11.8 Å². The molecule has 82 valence electrons. The number of nitrogens with one attached hydrogen (secondary N) is 1. The molecule has 1 N–H and O–H groups in total. The predicted octanol–water partition coefficient (Wildman–Crippen LogP) is 0.233. The molecule has 0 spiro atoms. The zero-order valence-corrected chi connectivity index (χ0v) is 9.08. The third kappa shape index (κ3) is 3.27. The molecule has 1 amide bonds. The molecule has 0 aliphatic carbocycles. The molecule has 0 aromatic rings. The molecule has 0 aromatic carbocycles. The summed E-state index contributed by atoms with van der Waals surface area (Å²) in [5.41, 5.74) is 0. The fraction of sp³-hybridized carbons (Fsp3) is 0.900. The maximum absolute atomic E-state index is 11.6. The number of piperidine rings is 1. The third-order valence-electron chi connectivity index (χ3n) is 2.65. The van der Waals surface area contributed by atoms with Crippen LogP contribution in [-0.4, -0.2) is 50.2 Å². The van der Waals surface area contributed by atoms with Gasteiger partial charge in [0.15, 0.2) is 0 Å². The van der Waals surface area contributed by atoms with Crippen LogP contribution < -0.4 is 5.32 Å². The first kappa shape index (κ1) is 11.5. The van der Waals surface area contributed by atoms with Crippen LogP contribution in [0.15, 0.2) is 0 Å². The van der Waals surface area contributed by atoms with Crippen molar-refractivity contribution in [1.82, 2.24) is 10.2 Å². The molecule has 1 saturated heterocycles. The first-order valence-electron chi connectivity index (χ1n) is 5.29. The number of carbonyl (C=O) groups excluding carboxylic acids is 1. The van der Waals surface area contributed by atoms with Crippen LogP contribution in [0.25, 0.3) is 0 Å². The molecule has 14 heavy (non-hydrogen) atoms. The van der Waals surface area contributed by atoms with Gasteiger partial charge in [-0.05, 0) is 19.4 Å². The largest absolute Gasteiger partial charge is 0.381 e. The van der Waals surface area contributed by atoms with Gasteiger partial charge in [0.05, 0.1) is 12.6 Å². The van der Waals surface area contributed by atoms with Gasteiger partial charge in [0.25, 0.3) is 0 Å². The lowest BCUT2D eigenvalue weighted by molar-refractivity contribution is -0.132. The molecule has 0 radical (unpaired) electrons. The molecule has 0 atom stereocenters. The number of likely N-dealkylation sites (N-methyl/N-ethyl adjacent to an activating group) is 1. The molecule has 4 heteroatoms. The Morgan fingerprint density at radius 2 is 2.14 bits per heavy atom. The fourth-order valence-electron chi connectivity index (χ4n) is 1.68. The molecule has 1 heterocycles. The Morgan fingerprint density at radius 1 is 1.50 bits per heavy atom. The Balaban J connectivity index is 2.23. The van der Waals surface area contributed by atoms with Gasteiger partial charge in [0, 0.05) is 20.2 Å². The van der Waals surface area contributed by atoms with Crippen molar-refractivity contribution in [3.63, 3.8) is 0 Å². The number of likely N-dealkylation sites (tertiary alicyclic amines) is 1. The number of ether oxygens (including phenoxy) is 1. The quantitative estimate of drug-likeness (QED) is 0.706. The average Bonchev–Trinajstić information content (AvgIpc) is 2.26. The number of hydrogen-bond donors (Lipinski definition) is 1. The Labute approximate surface area is 85.6 Å². The molecule has 4 nitrogen and oxygen atoms in total. The molecule has 0 aromatic heterocycles. The first-order valence-corrected chi connectivity index (χ1v) is 5.29. The Morgan fingerprint density at radius 3 is 2.64 bits per heavy atom. The smallest absolute Gasteiger partial charge is 0.236 e. The summed E-state index contributed by atoms with van der Waals surface area (Å²) in [7, 11) is 1.74. The number of nitrogens with zero attached hydrogens (tertiary/aromatic N) is 1. The second kappa shape index (κ2) is 5.98. The van der Waals surface area contributed by atoms with Crippen molar-refractivity contribution in [3.8, 4) is 0 Å². The summed E-state index contributed by atoms with van der Waals surface area (Å²) < 4.78 is 5.25.